The van der Waals surface area contributed by atoms with Gasteiger partial charge in [0.1, 0.15) is 11.6 Å². The van der Waals surface area contributed by atoms with Gasteiger partial charge >= 0.3 is 5.69 Å². The van der Waals surface area contributed by atoms with Crippen LogP contribution in [0.2, 0.25) is 0 Å². The number of nitrogens with zero attached hydrogens (tertiary/aromatic N) is 4. The molecule has 0 unspecified atom stereocenters. The maximum atomic E-state index is 14.3. The lowest BCUT2D eigenvalue weighted by Gasteiger charge is -2.26. The van der Waals surface area contributed by atoms with Crippen LogP contribution in [-0.4, -0.2) is 58.6 Å². The highest BCUT2D eigenvalue weighted by molar-refractivity contribution is 5.91. The molecule has 9 nitrogen and oxygen atoms in total. The monoisotopic (exact) mass is 440 g/mol. The number of hydrogen-bond acceptors (Lipinski definition) is 6. The standard InChI is InChI=1S/C22H21FN4O5/c1-31-17-8-6-16(7-9-17)27-22(30)26(14-15-4-2-3-5-18(15)23)21(29)19(24-27)20(28)25-10-12-32-13-11-25/h2-9H,10-14H2,1H3. The Bertz CT molecular complexity index is 1250. The van der Waals surface area contributed by atoms with Crippen LogP contribution in [0.4, 0.5) is 4.39 Å². The molecule has 4 rings (SSSR count). The van der Waals surface area contributed by atoms with Crippen LogP contribution in [0.1, 0.15) is 16.1 Å². The van der Waals surface area contributed by atoms with Crippen molar-refractivity contribution in [1.29, 1.82) is 0 Å². The summed E-state index contributed by atoms with van der Waals surface area (Å²) in [5.74, 6) is -0.610. The quantitative estimate of drug-likeness (QED) is 0.589. The molecular formula is C22H21FN4O5. The number of morpholine rings is 1. The van der Waals surface area contributed by atoms with Gasteiger partial charge in [0.05, 0.1) is 32.6 Å². The van der Waals surface area contributed by atoms with Crippen LogP contribution >= 0.6 is 0 Å². The van der Waals surface area contributed by atoms with Crippen molar-refractivity contribution in [3.63, 3.8) is 0 Å². The van der Waals surface area contributed by atoms with Crippen molar-refractivity contribution in [3.05, 3.63) is 86.4 Å². The zero-order valence-corrected chi connectivity index (χ0v) is 17.4. The lowest BCUT2D eigenvalue weighted by Crippen LogP contribution is -2.48. The van der Waals surface area contributed by atoms with E-state index >= 15 is 0 Å². The van der Waals surface area contributed by atoms with Gasteiger partial charge in [-0.2, -0.15) is 9.78 Å². The van der Waals surface area contributed by atoms with Gasteiger partial charge in [0.15, 0.2) is 0 Å². The van der Waals surface area contributed by atoms with Crippen LogP contribution < -0.4 is 16.0 Å². The third kappa shape index (κ3) is 4.17. The molecule has 1 saturated heterocycles. The van der Waals surface area contributed by atoms with Crippen molar-refractivity contribution in [3.8, 4) is 11.4 Å². The minimum Gasteiger partial charge on any atom is -0.497 e. The van der Waals surface area contributed by atoms with Crippen LogP contribution in [0.15, 0.2) is 58.1 Å². The first-order chi connectivity index (χ1) is 15.5. The summed E-state index contributed by atoms with van der Waals surface area (Å²) in [6.45, 7) is 0.941. The van der Waals surface area contributed by atoms with Crippen LogP contribution in [-0.2, 0) is 11.3 Å². The molecule has 0 spiro atoms. The largest absolute Gasteiger partial charge is 0.497 e. The molecule has 166 valence electrons. The first-order valence-electron chi connectivity index (χ1n) is 9.98. The van der Waals surface area contributed by atoms with Crippen LogP contribution in [0, 0.1) is 5.82 Å². The number of hydrogen-bond donors (Lipinski definition) is 0. The summed E-state index contributed by atoms with van der Waals surface area (Å²) in [7, 11) is 1.51. The molecule has 2 heterocycles. The molecule has 0 N–H and O–H groups in total. The maximum Gasteiger partial charge on any atom is 0.352 e. The highest BCUT2D eigenvalue weighted by atomic mass is 19.1. The zero-order chi connectivity index (χ0) is 22.7. The van der Waals surface area contributed by atoms with E-state index in [-0.39, 0.29) is 12.1 Å². The van der Waals surface area contributed by atoms with Gasteiger partial charge in [0.2, 0.25) is 5.69 Å². The number of rotatable bonds is 5. The number of carbonyl (C=O) groups is 1. The lowest BCUT2D eigenvalue weighted by molar-refractivity contribution is 0.0295. The summed E-state index contributed by atoms with van der Waals surface area (Å²) in [6.07, 6.45) is 0. The van der Waals surface area contributed by atoms with Gasteiger partial charge in [-0.25, -0.2) is 9.18 Å². The molecule has 1 aromatic heterocycles. The van der Waals surface area contributed by atoms with E-state index in [0.717, 1.165) is 9.25 Å². The average molecular weight is 440 g/mol. The second-order valence-electron chi connectivity index (χ2n) is 7.13. The van der Waals surface area contributed by atoms with E-state index in [1.807, 2.05) is 0 Å². The minimum absolute atomic E-state index is 0.143. The third-order valence-electron chi connectivity index (χ3n) is 5.16. The van der Waals surface area contributed by atoms with Gasteiger partial charge in [-0.1, -0.05) is 18.2 Å². The zero-order valence-electron chi connectivity index (χ0n) is 17.4. The van der Waals surface area contributed by atoms with E-state index in [1.54, 1.807) is 30.3 Å². The molecule has 3 aromatic rings. The Morgan fingerprint density at radius 1 is 1.09 bits per heavy atom. The Hall–Kier alpha value is -3.79. The molecule has 0 bridgehead atoms. The molecule has 0 radical (unpaired) electrons. The second kappa shape index (κ2) is 9.15. The van der Waals surface area contributed by atoms with Gasteiger partial charge in [-0.05, 0) is 30.3 Å². The number of methoxy groups -OCH3 is 1. The Morgan fingerprint density at radius 2 is 1.78 bits per heavy atom. The summed E-state index contributed by atoms with van der Waals surface area (Å²) in [5, 5.41) is 4.10. The van der Waals surface area contributed by atoms with E-state index in [1.165, 1.54) is 30.2 Å². The van der Waals surface area contributed by atoms with Crippen molar-refractivity contribution >= 4 is 5.91 Å². The van der Waals surface area contributed by atoms with Gasteiger partial charge in [-0.15, -0.1) is 0 Å². The first-order valence-corrected chi connectivity index (χ1v) is 9.98. The Balaban J connectivity index is 1.87. The highest BCUT2D eigenvalue weighted by Gasteiger charge is 2.26. The van der Waals surface area contributed by atoms with E-state index in [9.17, 15) is 18.8 Å². The summed E-state index contributed by atoms with van der Waals surface area (Å²) in [6, 6.07) is 12.2. The normalized spacial score (nSPS) is 13.8. The topological polar surface area (TPSA) is 95.7 Å². The Labute approximate surface area is 182 Å². The Morgan fingerprint density at radius 3 is 2.44 bits per heavy atom. The molecule has 0 atom stereocenters. The number of aromatic nitrogens is 3. The highest BCUT2D eigenvalue weighted by Crippen LogP contribution is 2.13. The number of carbonyl (C=O) groups excluding carboxylic acids is 1. The molecule has 32 heavy (non-hydrogen) atoms. The summed E-state index contributed by atoms with van der Waals surface area (Å²) < 4.78 is 26.4. The van der Waals surface area contributed by atoms with Crippen molar-refractivity contribution in [2.75, 3.05) is 33.4 Å². The molecule has 1 aliphatic heterocycles. The van der Waals surface area contributed by atoms with Gasteiger partial charge < -0.3 is 14.4 Å². The number of amides is 1. The molecule has 1 aliphatic rings. The Kier molecular flexibility index (Phi) is 6.13. The minimum atomic E-state index is -0.875. The van der Waals surface area contributed by atoms with Crippen molar-refractivity contribution in [2.45, 2.75) is 6.54 Å². The molecule has 1 amide bonds. The van der Waals surface area contributed by atoms with Crippen molar-refractivity contribution in [1.82, 2.24) is 19.2 Å². The van der Waals surface area contributed by atoms with E-state index in [2.05, 4.69) is 5.10 Å². The predicted molar refractivity (Wildman–Crippen MR) is 113 cm³/mol. The summed E-state index contributed by atoms with van der Waals surface area (Å²) >= 11 is 0. The first kappa shape index (κ1) is 21.4. The predicted octanol–water partition coefficient (Wildman–Crippen LogP) is 1.06. The van der Waals surface area contributed by atoms with E-state index in [0.29, 0.717) is 37.7 Å². The van der Waals surface area contributed by atoms with Crippen LogP contribution in [0.5, 0.6) is 5.75 Å². The molecule has 0 saturated carbocycles. The van der Waals surface area contributed by atoms with Gasteiger partial charge in [0.25, 0.3) is 11.5 Å². The van der Waals surface area contributed by atoms with E-state index in [4.69, 9.17) is 9.47 Å². The van der Waals surface area contributed by atoms with Crippen molar-refractivity contribution in [2.24, 2.45) is 0 Å². The third-order valence-corrected chi connectivity index (χ3v) is 5.16. The fourth-order valence-electron chi connectivity index (χ4n) is 3.39. The second-order valence-corrected chi connectivity index (χ2v) is 7.13. The molecule has 10 heteroatoms. The number of ether oxygens (including phenoxy) is 2. The molecule has 2 aromatic carbocycles. The van der Waals surface area contributed by atoms with Gasteiger partial charge in [0, 0.05) is 18.7 Å². The fraction of sp³-hybridized carbons (Fsp3) is 0.273. The van der Waals surface area contributed by atoms with E-state index < -0.39 is 28.7 Å². The maximum absolute atomic E-state index is 14.3. The smallest absolute Gasteiger partial charge is 0.352 e. The summed E-state index contributed by atoms with van der Waals surface area (Å²) in [5.41, 5.74) is -1.61. The number of benzene rings is 2. The van der Waals surface area contributed by atoms with Crippen molar-refractivity contribution < 1.29 is 18.7 Å². The molecule has 0 aliphatic carbocycles. The number of halogens is 1. The lowest BCUT2D eigenvalue weighted by atomic mass is 10.2. The average Bonchev–Trinajstić information content (AvgIpc) is 2.83. The molecular weight excluding hydrogens is 419 g/mol. The summed E-state index contributed by atoms with van der Waals surface area (Å²) in [4.78, 5) is 40.8. The van der Waals surface area contributed by atoms with Crippen LogP contribution in [0.25, 0.3) is 5.69 Å². The van der Waals surface area contributed by atoms with Crippen LogP contribution in [0.3, 0.4) is 0 Å². The molecule has 1 fully saturated rings. The fourth-order valence-corrected chi connectivity index (χ4v) is 3.39. The van der Waals surface area contributed by atoms with Gasteiger partial charge in [-0.3, -0.25) is 14.2 Å². The SMILES string of the molecule is COc1ccc(-n2nc(C(=O)N3CCOCC3)c(=O)n(Cc3ccccc3F)c2=O)cc1.